The van der Waals surface area contributed by atoms with Crippen LogP contribution in [-0.4, -0.2) is 5.91 Å². The Hall–Kier alpha value is -2.09. The lowest BCUT2D eigenvalue weighted by Gasteiger charge is -2.17. The summed E-state index contributed by atoms with van der Waals surface area (Å²) in [5, 5.41) is 3.06. The van der Waals surface area contributed by atoms with E-state index in [1.165, 1.54) is 0 Å². The van der Waals surface area contributed by atoms with E-state index in [0.29, 0.717) is 0 Å². The van der Waals surface area contributed by atoms with Gasteiger partial charge in [-0.3, -0.25) is 4.79 Å². The Kier molecular flexibility index (Phi) is 4.57. The van der Waals surface area contributed by atoms with Crippen molar-refractivity contribution in [3.63, 3.8) is 0 Å². The van der Waals surface area contributed by atoms with Crippen molar-refractivity contribution >= 4 is 11.6 Å². The fourth-order valence-corrected chi connectivity index (χ4v) is 2.35. The van der Waals surface area contributed by atoms with Crippen LogP contribution in [-0.2, 0) is 4.79 Å². The number of carbonyl (C=O) groups is 1. The van der Waals surface area contributed by atoms with Crippen molar-refractivity contribution in [2.24, 2.45) is 0 Å². The zero-order valence-electron chi connectivity index (χ0n) is 12.3. The summed E-state index contributed by atoms with van der Waals surface area (Å²) < 4.78 is 0. The predicted molar refractivity (Wildman–Crippen MR) is 84.0 cm³/mol. The third-order valence-electron chi connectivity index (χ3n) is 3.58. The predicted octanol–water partition coefficient (Wildman–Crippen LogP) is 4.44. The monoisotopic (exact) mass is 267 g/mol. The summed E-state index contributed by atoms with van der Waals surface area (Å²) in [7, 11) is 0. The lowest BCUT2D eigenvalue weighted by atomic mass is 9.95. The van der Waals surface area contributed by atoms with E-state index < -0.39 is 0 Å². The highest BCUT2D eigenvalue weighted by Gasteiger charge is 2.18. The maximum Gasteiger partial charge on any atom is 0.231 e. The highest BCUT2D eigenvalue weighted by molar-refractivity contribution is 5.96. The third-order valence-corrected chi connectivity index (χ3v) is 3.58. The molecule has 0 aliphatic carbocycles. The van der Waals surface area contributed by atoms with Gasteiger partial charge in [-0.1, -0.05) is 49.4 Å². The van der Waals surface area contributed by atoms with Gasteiger partial charge in [0.15, 0.2) is 0 Å². The van der Waals surface area contributed by atoms with Crippen LogP contribution in [0.1, 0.15) is 36.0 Å². The molecule has 104 valence electrons. The van der Waals surface area contributed by atoms with Gasteiger partial charge in [0, 0.05) is 5.69 Å². The van der Waals surface area contributed by atoms with Crippen molar-refractivity contribution in [1.82, 2.24) is 0 Å². The zero-order chi connectivity index (χ0) is 14.5. The van der Waals surface area contributed by atoms with E-state index in [9.17, 15) is 4.79 Å². The van der Waals surface area contributed by atoms with Gasteiger partial charge in [0.2, 0.25) is 5.91 Å². The van der Waals surface area contributed by atoms with E-state index in [0.717, 1.165) is 28.8 Å². The van der Waals surface area contributed by atoms with Crippen LogP contribution >= 0.6 is 0 Å². The molecule has 0 aromatic heterocycles. The quantitative estimate of drug-likeness (QED) is 0.872. The topological polar surface area (TPSA) is 29.1 Å². The number of hydrogen-bond donors (Lipinski definition) is 1. The summed E-state index contributed by atoms with van der Waals surface area (Å²) in [4.78, 5) is 12.5. The molecule has 0 bridgehead atoms. The number of hydrogen-bond acceptors (Lipinski definition) is 1. The number of anilines is 1. The Morgan fingerprint density at radius 1 is 1.10 bits per heavy atom. The second kappa shape index (κ2) is 6.38. The van der Waals surface area contributed by atoms with Crippen molar-refractivity contribution in [2.45, 2.75) is 33.1 Å². The molecule has 0 saturated heterocycles. The summed E-state index contributed by atoms with van der Waals surface area (Å²) in [6.07, 6.45) is 0.792. The number of carbonyl (C=O) groups excluding carboxylic acids is 1. The Balaban J connectivity index is 2.20. The highest BCUT2D eigenvalue weighted by Crippen LogP contribution is 2.23. The first-order valence-corrected chi connectivity index (χ1v) is 7.05. The first-order valence-electron chi connectivity index (χ1n) is 7.05. The molecule has 0 spiro atoms. The number of nitrogens with one attached hydrogen (secondary N) is 1. The van der Waals surface area contributed by atoms with Crippen LogP contribution in [0, 0.1) is 13.8 Å². The van der Waals surface area contributed by atoms with Crippen molar-refractivity contribution in [3.05, 3.63) is 65.2 Å². The molecule has 1 atom stereocenters. The smallest absolute Gasteiger partial charge is 0.231 e. The van der Waals surface area contributed by atoms with Gasteiger partial charge >= 0.3 is 0 Å². The third kappa shape index (κ3) is 3.27. The molecule has 2 rings (SSSR count). The largest absolute Gasteiger partial charge is 0.325 e. The minimum absolute atomic E-state index is 0.0624. The fourth-order valence-electron chi connectivity index (χ4n) is 2.35. The van der Waals surface area contributed by atoms with Gasteiger partial charge in [-0.15, -0.1) is 0 Å². The second-order valence-electron chi connectivity index (χ2n) is 5.18. The molecular formula is C18H21NO. The molecule has 0 unspecified atom stereocenters. The number of amides is 1. The van der Waals surface area contributed by atoms with Gasteiger partial charge in [-0.25, -0.2) is 0 Å². The average molecular weight is 267 g/mol. The lowest BCUT2D eigenvalue weighted by Crippen LogP contribution is -2.21. The summed E-state index contributed by atoms with van der Waals surface area (Å²) >= 11 is 0. The molecule has 0 radical (unpaired) electrons. The van der Waals surface area contributed by atoms with E-state index in [-0.39, 0.29) is 11.8 Å². The van der Waals surface area contributed by atoms with Crippen LogP contribution in [0.2, 0.25) is 0 Å². The van der Waals surface area contributed by atoms with Gasteiger partial charge in [-0.2, -0.15) is 0 Å². The molecule has 2 aromatic rings. The molecule has 0 fully saturated rings. The number of aryl methyl sites for hydroxylation is 2. The molecule has 2 aromatic carbocycles. The zero-order valence-corrected chi connectivity index (χ0v) is 12.3. The maximum atomic E-state index is 12.5. The average Bonchev–Trinajstić information content (AvgIpc) is 2.45. The minimum Gasteiger partial charge on any atom is -0.325 e. The molecular weight excluding hydrogens is 246 g/mol. The van der Waals surface area contributed by atoms with Gasteiger partial charge in [0.25, 0.3) is 0 Å². The summed E-state index contributed by atoms with van der Waals surface area (Å²) in [5.74, 6) is -0.0384. The van der Waals surface area contributed by atoms with E-state index in [1.54, 1.807) is 0 Å². The number of benzene rings is 2. The van der Waals surface area contributed by atoms with Gasteiger partial charge in [0.1, 0.15) is 0 Å². The minimum atomic E-state index is -0.101. The summed E-state index contributed by atoms with van der Waals surface area (Å²) in [6, 6.07) is 16.1. The Labute approximate surface area is 120 Å². The molecule has 0 aliphatic rings. The van der Waals surface area contributed by atoms with E-state index in [2.05, 4.69) is 11.4 Å². The normalized spacial score (nSPS) is 11.9. The molecule has 20 heavy (non-hydrogen) atoms. The summed E-state index contributed by atoms with van der Waals surface area (Å²) in [5.41, 5.74) is 4.22. The molecule has 0 heterocycles. The second-order valence-corrected chi connectivity index (χ2v) is 5.18. The van der Waals surface area contributed by atoms with Crippen LogP contribution in [0.25, 0.3) is 0 Å². The van der Waals surface area contributed by atoms with Crippen molar-refractivity contribution < 1.29 is 4.79 Å². The molecule has 2 nitrogen and oxygen atoms in total. The van der Waals surface area contributed by atoms with E-state index in [1.807, 2.05) is 63.2 Å². The maximum absolute atomic E-state index is 12.5. The van der Waals surface area contributed by atoms with Gasteiger partial charge in [-0.05, 0) is 43.0 Å². The Morgan fingerprint density at radius 2 is 1.80 bits per heavy atom. The Bertz CT molecular complexity index is 590. The number of rotatable bonds is 4. The molecule has 0 aliphatic heterocycles. The van der Waals surface area contributed by atoms with Crippen molar-refractivity contribution in [3.8, 4) is 0 Å². The molecule has 1 N–H and O–H groups in total. The van der Waals surface area contributed by atoms with Crippen LogP contribution in [0.5, 0.6) is 0 Å². The van der Waals surface area contributed by atoms with E-state index in [4.69, 9.17) is 0 Å². The van der Waals surface area contributed by atoms with Gasteiger partial charge < -0.3 is 5.32 Å². The van der Waals surface area contributed by atoms with Crippen LogP contribution in [0.4, 0.5) is 5.69 Å². The first-order chi connectivity index (χ1) is 9.61. The molecule has 0 saturated carbocycles. The van der Waals surface area contributed by atoms with Gasteiger partial charge in [0.05, 0.1) is 5.92 Å². The molecule has 1 amide bonds. The Morgan fingerprint density at radius 3 is 2.45 bits per heavy atom. The van der Waals surface area contributed by atoms with Crippen LogP contribution in [0.15, 0.2) is 48.5 Å². The van der Waals surface area contributed by atoms with Crippen molar-refractivity contribution in [2.75, 3.05) is 5.32 Å². The van der Waals surface area contributed by atoms with Crippen molar-refractivity contribution in [1.29, 1.82) is 0 Å². The van der Waals surface area contributed by atoms with E-state index >= 15 is 0 Å². The fraction of sp³-hybridized carbons (Fsp3) is 0.278. The SMILES string of the molecule is CC[C@@H](C(=O)Nc1cc(C)ccc1C)c1ccccc1. The standard InChI is InChI=1S/C18H21NO/c1-4-16(15-8-6-5-7-9-15)18(20)19-17-12-13(2)10-11-14(17)3/h5-12,16H,4H2,1-3H3,(H,19,20)/t16-/m1/s1. The highest BCUT2D eigenvalue weighted by atomic mass is 16.1. The van der Waals surface area contributed by atoms with Crippen LogP contribution < -0.4 is 5.32 Å². The van der Waals surface area contributed by atoms with Crippen LogP contribution in [0.3, 0.4) is 0 Å². The summed E-state index contributed by atoms with van der Waals surface area (Å²) in [6.45, 7) is 6.09. The lowest BCUT2D eigenvalue weighted by molar-refractivity contribution is -0.117. The molecule has 2 heteroatoms. The first kappa shape index (κ1) is 14.3.